The Kier molecular flexibility index (Phi) is 4.05. The van der Waals surface area contributed by atoms with Gasteiger partial charge in [0.15, 0.2) is 0 Å². The molecule has 70 valence electrons. The molecule has 0 aromatic heterocycles. The summed E-state index contributed by atoms with van der Waals surface area (Å²) in [6.07, 6.45) is 4.72. The van der Waals surface area contributed by atoms with E-state index >= 15 is 0 Å². The highest BCUT2D eigenvalue weighted by molar-refractivity contribution is 7.84. The van der Waals surface area contributed by atoms with Crippen molar-refractivity contribution in [3.63, 3.8) is 0 Å². The van der Waals surface area contributed by atoms with Gasteiger partial charge in [-0.2, -0.15) is 9.15 Å². The molecule has 0 unspecified atom stereocenters. The fraction of sp³-hybridized carbons (Fsp3) is 0.667. The summed E-state index contributed by atoms with van der Waals surface area (Å²) in [6, 6.07) is 0. The van der Waals surface area contributed by atoms with Gasteiger partial charge in [-0.1, -0.05) is 0 Å². The second kappa shape index (κ2) is 4.32. The van der Waals surface area contributed by atoms with Gasteiger partial charge < -0.3 is 4.55 Å². The van der Waals surface area contributed by atoms with E-state index < -0.39 is 10.1 Å². The Labute approximate surface area is 72.4 Å². The van der Waals surface area contributed by atoms with Crippen LogP contribution >= 0.6 is 0 Å². The van der Waals surface area contributed by atoms with Gasteiger partial charge in [-0.25, -0.2) is 8.42 Å². The highest BCUT2D eigenvalue weighted by Gasteiger charge is 2.08. The number of hydrogen-bond acceptors (Lipinski definition) is 3. The van der Waals surface area contributed by atoms with E-state index in [1.165, 1.54) is 0 Å². The molecule has 0 spiro atoms. The van der Waals surface area contributed by atoms with Crippen LogP contribution < -0.4 is 0 Å². The smallest absolute Gasteiger partial charge is 0.333 e. The summed E-state index contributed by atoms with van der Waals surface area (Å²) in [5.41, 5.74) is 0. The molecular weight excluding hydrogens is 180 g/mol. The van der Waals surface area contributed by atoms with Crippen molar-refractivity contribution in [2.75, 3.05) is 27.0 Å². The second-order valence-corrected chi connectivity index (χ2v) is 4.07. The zero-order valence-corrected chi connectivity index (χ0v) is 8.21. The molecule has 5 nitrogen and oxygen atoms in total. The van der Waals surface area contributed by atoms with E-state index in [4.69, 9.17) is 13.0 Å². The zero-order chi connectivity index (χ0) is 9.78. The normalized spacial score (nSPS) is 16.0. The Balaban J connectivity index is 0.000000217. The van der Waals surface area contributed by atoms with Crippen LogP contribution in [-0.2, 0) is 10.1 Å². The molecule has 0 N–H and O–H groups in total. The first-order valence-corrected chi connectivity index (χ1v) is 5.10. The largest absolute Gasteiger partial charge is 0.748 e. The minimum absolute atomic E-state index is 0.604. The van der Waals surface area contributed by atoms with Crippen LogP contribution in [0.3, 0.4) is 0 Å². The minimum atomic E-state index is -3.92. The van der Waals surface area contributed by atoms with E-state index in [9.17, 15) is 0 Å². The molecule has 0 aromatic carbocycles. The first kappa shape index (κ1) is 11.2. The lowest BCUT2D eigenvalue weighted by atomic mass is 10.8. The van der Waals surface area contributed by atoms with E-state index in [1.54, 1.807) is 0 Å². The predicted octanol–water partition coefficient (Wildman–Crippen LogP) is -1.45. The third-order valence-corrected chi connectivity index (χ3v) is 1.02. The van der Waals surface area contributed by atoms with E-state index in [2.05, 4.69) is 35.7 Å². The molecule has 1 heterocycles. The highest BCUT2D eigenvalue weighted by atomic mass is 32.2. The molecule has 1 aliphatic heterocycles. The Morgan fingerprint density at radius 2 is 1.50 bits per heavy atom. The summed E-state index contributed by atoms with van der Waals surface area (Å²) in [5, 5.41) is 0. The third kappa shape index (κ3) is 9.25. The molecule has 0 atom stereocenters. The summed E-state index contributed by atoms with van der Waals surface area (Å²) >= 11 is 0. The molecule has 0 radical (unpaired) electrons. The van der Waals surface area contributed by atoms with Crippen LogP contribution in [0.2, 0.25) is 0 Å². The van der Waals surface area contributed by atoms with E-state index in [0.29, 0.717) is 6.26 Å². The van der Waals surface area contributed by atoms with Gasteiger partial charge in [-0.15, -0.1) is 0 Å². The minimum Gasteiger partial charge on any atom is -0.748 e. The molecule has 0 saturated carbocycles. The van der Waals surface area contributed by atoms with E-state index in [0.717, 1.165) is 6.67 Å². The molecule has 0 fully saturated rings. The van der Waals surface area contributed by atoms with Crippen LogP contribution in [0.25, 0.3) is 0 Å². The Morgan fingerprint density at radius 1 is 1.25 bits per heavy atom. The first-order chi connectivity index (χ1) is 5.29. The molecule has 12 heavy (non-hydrogen) atoms. The van der Waals surface area contributed by atoms with E-state index in [1.807, 2.05) is 0 Å². The molecule has 0 saturated heterocycles. The predicted molar refractivity (Wildman–Crippen MR) is 45.0 cm³/mol. The Hall–Kier alpha value is -0.750. The van der Waals surface area contributed by atoms with Crippen LogP contribution in [0.1, 0.15) is 0 Å². The van der Waals surface area contributed by atoms with Crippen molar-refractivity contribution in [1.29, 1.82) is 0 Å². The van der Waals surface area contributed by atoms with Gasteiger partial charge in [-0.3, -0.25) is 0 Å². The maximum absolute atomic E-state index is 9.08. The SMILES string of the molecule is CS(=O)(=O)[O-].C[N+]1=CC=[N+](C)C1. The molecule has 0 aromatic rings. The van der Waals surface area contributed by atoms with Gasteiger partial charge in [0.25, 0.3) is 0 Å². The van der Waals surface area contributed by atoms with Crippen LogP contribution in [0.4, 0.5) is 0 Å². The molecule has 1 aliphatic rings. The van der Waals surface area contributed by atoms with Gasteiger partial charge in [0.2, 0.25) is 12.4 Å². The number of hydrogen-bond donors (Lipinski definition) is 0. The molecule has 1 rings (SSSR count). The lowest BCUT2D eigenvalue weighted by molar-refractivity contribution is -0.686. The summed E-state index contributed by atoms with van der Waals surface area (Å²) < 4.78 is 31.5. The Morgan fingerprint density at radius 3 is 1.58 bits per heavy atom. The quantitative estimate of drug-likeness (QED) is 0.349. The average molecular weight is 193 g/mol. The van der Waals surface area contributed by atoms with Gasteiger partial charge in [0.1, 0.15) is 14.1 Å². The van der Waals surface area contributed by atoms with Crippen molar-refractivity contribution in [2.45, 2.75) is 0 Å². The maximum Gasteiger partial charge on any atom is 0.333 e. The maximum atomic E-state index is 9.08. The number of rotatable bonds is 0. The summed E-state index contributed by atoms with van der Waals surface area (Å²) in [6.45, 7) is 1.03. The highest BCUT2D eigenvalue weighted by Crippen LogP contribution is 1.72. The van der Waals surface area contributed by atoms with Gasteiger partial charge in [0.05, 0.1) is 10.1 Å². The summed E-state index contributed by atoms with van der Waals surface area (Å²) in [7, 11) is 0.194. The van der Waals surface area contributed by atoms with Crippen LogP contribution in [0.15, 0.2) is 0 Å². The van der Waals surface area contributed by atoms with Crippen LogP contribution in [-0.4, -0.2) is 61.6 Å². The fourth-order valence-corrected chi connectivity index (χ4v) is 0.674. The van der Waals surface area contributed by atoms with Crippen molar-refractivity contribution in [3.05, 3.63) is 0 Å². The second-order valence-electron chi connectivity index (χ2n) is 2.66. The van der Waals surface area contributed by atoms with Crippen LogP contribution in [0, 0.1) is 0 Å². The van der Waals surface area contributed by atoms with Crippen molar-refractivity contribution < 1.29 is 22.1 Å². The van der Waals surface area contributed by atoms with Gasteiger partial charge in [-0.05, 0) is 0 Å². The zero-order valence-electron chi connectivity index (χ0n) is 7.39. The molecule has 0 bridgehead atoms. The van der Waals surface area contributed by atoms with Crippen molar-refractivity contribution >= 4 is 22.5 Å². The molecule has 6 heteroatoms. The number of nitrogens with zero attached hydrogens (tertiary/aromatic N) is 2. The monoisotopic (exact) mass is 193 g/mol. The van der Waals surface area contributed by atoms with Gasteiger partial charge >= 0.3 is 6.67 Å². The lowest BCUT2D eigenvalue weighted by Gasteiger charge is -1.90. The standard InChI is InChI=1S/C5H10N2.CH4O3S/c1-6-3-4-7(2)5-6;1-5(2,3)4/h3-4H,5H2,1-2H3;1H3,(H,2,3,4)/q+2;/p-1. The van der Waals surface area contributed by atoms with Crippen molar-refractivity contribution in [3.8, 4) is 0 Å². The Bertz CT molecular complexity index is 279. The fourth-order valence-electron chi connectivity index (χ4n) is 0.674. The topological polar surface area (TPSA) is 63.2 Å². The molecule has 0 aliphatic carbocycles. The lowest BCUT2D eigenvalue weighted by Crippen LogP contribution is -2.10. The van der Waals surface area contributed by atoms with Gasteiger partial charge in [0, 0.05) is 6.26 Å². The summed E-state index contributed by atoms with van der Waals surface area (Å²) in [4.78, 5) is 0. The van der Waals surface area contributed by atoms with Crippen molar-refractivity contribution in [2.24, 2.45) is 0 Å². The van der Waals surface area contributed by atoms with E-state index in [-0.39, 0.29) is 0 Å². The first-order valence-electron chi connectivity index (χ1n) is 3.28. The third-order valence-electron chi connectivity index (χ3n) is 1.02. The summed E-state index contributed by atoms with van der Waals surface area (Å²) in [5.74, 6) is 0. The van der Waals surface area contributed by atoms with Crippen LogP contribution in [0.5, 0.6) is 0 Å². The molecule has 0 amide bonds. The molecular formula is C6H13N2O3S+. The average Bonchev–Trinajstić information content (AvgIpc) is 2.09. The van der Waals surface area contributed by atoms with Crippen molar-refractivity contribution in [1.82, 2.24) is 0 Å².